The fourth-order valence-electron chi connectivity index (χ4n) is 2.32. The third kappa shape index (κ3) is 5.51. The van der Waals surface area contributed by atoms with Crippen molar-refractivity contribution in [1.82, 2.24) is 0 Å². The fraction of sp³-hybridized carbons (Fsp3) is 0.476. The molecule has 0 atom stereocenters. The second-order valence-electron chi connectivity index (χ2n) is 8.56. The summed E-state index contributed by atoms with van der Waals surface area (Å²) < 4.78 is 27.3. The van der Waals surface area contributed by atoms with Gasteiger partial charge in [-0.15, -0.1) is 0 Å². The zero-order valence-electron chi connectivity index (χ0n) is 18.0. The van der Waals surface area contributed by atoms with Gasteiger partial charge in [-0.1, -0.05) is 0 Å². The van der Waals surface area contributed by atoms with Crippen LogP contribution in [0, 0.1) is 8.99 Å². The van der Waals surface area contributed by atoms with Gasteiger partial charge in [0.2, 0.25) is 5.43 Å². The van der Waals surface area contributed by atoms with E-state index in [2.05, 4.69) is 0 Å². The Labute approximate surface area is 187 Å². The molecule has 1 heterocycles. The molecule has 0 radical (unpaired) electrons. The van der Waals surface area contributed by atoms with Crippen LogP contribution in [-0.4, -0.2) is 31.4 Å². The number of hydrogen-bond donors (Lipinski definition) is 0. The normalized spacial score (nSPS) is 12.0. The Morgan fingerprint density at radius 2 is 1.77 bits per heavy atom. The molecular formula is C21H25IO8. The molecule has 0 fully saturated rings. The molecule has 0 spiro atoms. The third-order valence-electron chi connectivity index (χ3n) is 3.69. The van der Waals surface area contributed by atoms with Gasteiger partial charge >= 0.3 is 11.9 Å². The van der Waals surface area contributed by atoms with E-state index in [0.29, 0.717) is 0 Å². The molecule has 30 heavy (non-hydrogen) atoms. The maximum Gasteiger partial charge on any atom is 0.343 e. The maximum atomic E-state index is 13.1. The van der Waals surface area contributed by atoms with E-state index >= 15 is 0 Å². The molecule has 2 aromatic rings. The van der Waals surface area contributed by atoms with Gasteiger partial charge in [0.25, 0.3) is 0 Å². The summed E-state index contributed by atoms with van der Waals surface area (Å²) in [5, 5.41) is -0.0578. The number of carbonyl (C=O) groups excluding carboxylic acids is 2. The second-order valence-corrected chi connectivity index (χ2v) is 9.72. The minimum absolute atomic E-state index is 0.00664. The summed E-state index contributed by atoms with van der Waals surface area (Å²) in [6.45, 7) is 9.86. The summed E-state index contributed by atoms with van der Waals surface area (Å²) in [6, 6.07) is 1.38. The lowest BCUT2D eigenvalue weighted by Gasteiger charge is -2.23. The van der Waals surface area contributed by atoms with Crippen molar-refractivity contribution in [2.45, 2.75) is 47.1 Å². The van der Waals surface area contributed by atoms with Gasteiger partial charge in [-0.3, -0.25) is 9.59 Å². The van der Waals surface area contributed by atoms with E-state index < -0.39 is 28.4 Å². The second kappa shape index (κ2) is 8.93. The lowest BCUT2D eigenvalue weighted by atomic mass is 9.97. The number of esters is 2. The molecular weight excluding hydrogens is 507 g/mol. The third-order valence-corrected chi connectivity index (χ3v) is 4.43. The van der Waals surface area contributed by atoms with E-state index in [1.54, 1.807) is 64.1 Å². The Hall–Kier alpha value is -2.14. The van der Waals surface area contributed by atoms with E-state index in [0.717, 1.165) is 0 Å². The summed E-state index contributed by atoms with van der Waals surface area (Å²) in [4.78, 5) is 38.7. The molecule has 0 saturated carbocycles. The average molecular weight is 532 g/mol. The lowest BCUT2D eigenvalue weighted by Crippen LogP contribution is -2.29. The molecule has 0 amide bonds. The van der Waals surface area contributed by atoms with Crippen LogP contribution >= 0.6 is 22.6 Å². The van der Waals surface area contributed by atoms with E-state index in [1.807, 2.05) is 0 Å². The molecule has 1 aromatic carbocycles. The van der Waals surface area contributed by atoms with Crippen molar-refractivity contribution in [2.75, 3.05) is 13.9 Å². The Balaban J connectivity index is 2.89. The molecule has 0 aliphatic carbocycles. The van der Waals surface area contributed by atoms with Gasteiger partial charge in [-0.05, 0) is 64.1 Å². The molecule has 164 valence electrons. The molecule has 9 heteroatoms. The van der Waals surface area contributed by atoms with E-state index in [1.165, 1.54) is 19.4 Å². The van der Waals surface area contributed by atoms with Crippen molar-refractivity contribution in [3.63, 3.8) is 0 Å². The number of carbonyl (C=O) groups is 2. The topological polar surface area (TPSA) is 101 Å². The highest BCUT2D eigenvalue weighted by Gasteiger charge is 2.33. The van der Waals surface area contributed by atoms with Crippen LogP contribution in [0.4, 0.5) is 0 Å². The van der Waals surface area contributed by atoms with Crippen molar-refractivity contribution in [1.29, 1.82) is 0 Å². The van der Waals surface area contributed by atoms with Crippen LogP contribution in [0.15, 0.2) is 21.5 Å². The van der Waals surface area contributed by atoms with Crippen LogP contribution in [0.3, 0.4) is 0 Å². The van der Waals surface area contributed by atoms with E-state index in [4.69, 9.17) is 23.4 Å². The number of benzene rings is 1. The van der Waals surface area contributed by atoms with Crippen molar-refractivity contribution in [3.8, 4) is 11.5 Å². The zero-order chi connectivity index (χ0) is 22.9. The van der Waals surface area contributed by atoms with Crippen molar-refractivity contribution >= 4 is 45.5 Å². The van der Waals surface area contributed by atoms with Crippen LogP contribution in [0.1, 0.15) is 51.9 Å². The van der Waals surface area contributed by atoms with Gasteiger partial charge in [-0.2, -0.15) is 0 Å². The number of halogens is 1. The quantitative estimate of drug-likeness (QED) is 0.244. The molecule has 0 aliphatic heterocycles. The molecule has 0 bridgehead atoms. The molecule has 8 nitrogen and oxygen atoms in total. The highest BCUT2D eigenvalue weighted by molar-refractivity contribution is 14.1. The number of ether oxygens (including phenoxy) is 4. The molecule has 0 saturated heterocycles. The summed E-state index contributed by atoms with van der Waals surface area (Å²) in [6.07, 6.45) is 1.27. The first-order valence-corrected chi connectivity index (χ1v) is 10.2. The van der Waals surface area contributed by atoms with Gasteiger partial charge in [0.15, 0.2) is 18.3 Å². The molecule has 0 N–H and O–H groups in total. The lowest BCUT2D eigenvalue weighted by molar-refractivity contribution is -0.143. The Morgan fingerprint density at radius 1 is 1.13 bits per heavy atom. The summed E-state index contributed by atoms with van der Waals surface area (Å²) in [7, 11) is 1.42. The molecule has 0 unspecified atom stereocenters. The molecule has 0 aliphatic rings. The van der Waals surface area contributed by atoms with Crippen molar-refractivity contribution < 1.29 is 33.0 Å². The largest absolute Gasteiger partial charge is 0.463 e. The summed E-state index contributed by atoms with van der Waals surface area (Å²) in [5.41, 5.74) is -2.35. The highest BCUT2D eigenvalue weighted by Crippen LogP contribution is 2.39. The zero-order valence-corrected chi connectivity index (χ0v) is 20.2. The first-order valence-electron chi connectivity index (χ1n) is 9.11. The predicted octanol–water partition coefficient (Wildman–Crippen LogP) is 4.29. The SMILES string of the molecule is COCOc1cc2occ(I)c(=O)c2c(C(=O)OC(C)(C)C)c1OC(=O)C(C)(C)C. The summed E-state index contributed by atoms with van der Waals surface area (Å²) in [5.74, 6) is -1.68. The smallest absolute Gasteiger partial charge is 0.343 e. The first kappa shape index (κ1) is 24.1. The Morgan fingerprint density at radius 3 is 2.30 bits per heavy atom. The standard InChI is InChI=1S/C21H25IO8/c1-20(2,3)19(25)29-17-13(28-10-26-7)8-12-14(16(23)11(22)9-27-12)15(17)18(24)30-21(4,5)6/h8-9H,10H2,1-7H3. The minimum Gasteiger partial charge on any atom is -0.463 e. The van der Waals surface area contributed by atoms with E-state index in [9.17, 15) is 14.4 Å². The molecule has 2 rings (SSSR count). The first-order chi connectivity index (χ1) is 13.8. The number of methoxy groups -OCH3 is 1. The van der Waals surface area contributed by atoms with Gasteiger partial charge in [0.05, 0.1) is 14.4 Å². The van der Waals surface area contributed by atoms with Crippen LogP contribution in [0.2, 0.25) is 0 Å². The van der Waals surface area contributed by atoms with E-state index in [-0.39, 0.29) is 38.4 Å². The monoisotopic (exact) mass is 532 g/mol. The summed E-state index contributed by atoms with van der Waals surface area (Å²) >= 11 is 1.80. The minimum atomic E-state index is -0.880. The van der Waals surface area contributed by atoms with Gasteiger partial charge in [0.1, 0.15) is 23.0 Å². The number of fused-ring (bicyclic) bond motifs is 1. The molecule has 1 aromatic heterocycles. The predicted molar refractivity (Wildman–Crippen MR) is 118 cm³/mol. The average Bonchev–Trinajstić information content (AvgIpc) is 2.60. The number of rotatable bonds is 5. The van der Waals surface area contributed by atoms with Gasteiger partial charge < -0.3 is 23.4 Å². The van der Waals surface area contributed by atoms with Gasteiger partial charge in [-0.25, -0.2) is 4.79 Å². The van der Waals surface area contributed by atoms with Crippen LogP contribution in [0.25, 0.3) is 11.0 Å². The highest BCUT2D eigenvalue weighted by atomic mass is 127. The van der Waals surface area contributed by atoms with Gasteiger partial charge in [0, 0.05) is 13.2 Å². The number of hydrogen-bond acceptors (Lipinski definition) is 8. The van der Waals surface area contributed by atoms with Crippen molar-refractivity contribution in [2.24, 2.45) is 5.41 Å². The van der Waals surface area contributed by atoms with Crippen molar-refractivity contribution in [3.05, 3.63) is 31.7 Å². The van der Waals surface area contributed by atoms with Crippen LogP contribution < -0.4 is 14.9 Å². The Bertz CT molecular complexity index is 1020. The fourth-order valence-corrected chi connectivity index (χ4v) is 2.72. The van der Waals surface area contributed by atoms with Crippen LogP contribution in [-0.2, 0) is 14.3 Å². The Kier molecular flexibility index (Phi) is 7.18. The van der Waals surface area contributed by atoms with Crippen LogP contribution in [0.5, 0.6) is 11.5 Å². The maximum absolute atomic E-state index is 13.1.